The molecular formula is C30H50O4. The monoisotopic (exact) mass is 474 g/mol. The van der Waals surface area contributed by atoms with Crippen molar-refractivity contribution >= 4 is 0 Å². The summed E-state index contributed by atoms with van der Waals surface area (Å²) in [5, 5.41) is 31.0. The van der Waals surface area contributed by atoms with Crippen molar-refractivity contribution < 1.29 is 20.4 Å². The summed E-state index contributed by atoms with van der Waals surface area (Å²) >= 11 is 0. The molecule has 5 rings (SSSR count). The van der Waals surface area contributed by atoms with Gasteiger partial charge in [0.1, 0.15) is 6.10 Å². The van der Waals surface area contributed by atoms with E-state index in [9.17, 15) is 15.5 Å². The molecule has 0 aromatic heterocycles. The van der Waals surface area contributed by atoms with Crippen LogP contribution in [0.2, 0.25) is 0 Å². The fourth-order valence-corrected chi connectivity index (χ4v) is 11.5. The molecule has 2 spiro atoms. The van der Waals surface area contributed by atoms with Gasteiger partial charge in [0.2, 0.25) is 0 Å². The highest BCUT2D eigenvalue weighted by molar-refractivity contribution is 5.30. The number of fused-ring (bicyclic) bond motifs is 2. The van der Waals surface area contributed by atoms with Crippen LogP contribution in [0.25, 0.3) is 0 Å². The summed E-state index contributed by atoms with van der Waals surface area (Å²) in [5.41, 5.74) is 2.35. The molecule has 0 amide bonds. The van der Waals surface area contributed by atoms with E-state index in [2.05, 4.69) is 46.1 Å². The number of rotatable bonds is 6. The second-order valence-corrected chi connectivity index (χ2v) is 14.7. The van der Waals surface area contributed by atoms with Crippen molar-refractivity contribution in [1.29, 1.82) is 0 Å². The minimum Gasteiger partial charge on any atom is -0.393 e. The van der Waals surface area contributed by atoms with Gasteiger partial charge in [0.05, 0.1) is 12.2 Å². The Labute approximate surface area is 207 Å². The third kappa shape index (κ3) is 2.98. The first-order chi connectivity index (χ1) is 15.8. The lowest BCUT2D eigenvalue weighted by Gasteiger charge is -2.63. The van der Waals surface area contributed by atoms with Crippen LogP contribution < -0.4 is 0 Å². The lowest BCUT2D eigenvalue weighted by Crippen LogP contribution is -2.57. The van der Waals surface area contributed by atoms with Crippen molar-refractivity contribution in [3.05, 3.63) is 12.2 Å². The molecule has 4 heteroatoms. The van der Waals surface area contributed by atoms with Crippen LogP contribution in [0.15, 0.2) is 12.2 Å². The lowest BCUT2D eigenvalue weighted by molar-refractivity contribution is -0.287. The van der Waals surface area contributed by atoms with E-state index >= 15 is 0 Å². The average Bonchev–Trinajstić information content (AvgIpc) is 3.33. The van der Waals surface area contributed by atoms with Crippen molar-refractivity contribution in [2.75, 3.05) is 0 Å². The van der Waals surface area contributed by atoms with E-state index in [1.165, 1.54) is 51.4 Å². The summed E-state index contributed by atoms with van der Waals surface area (Å²) in [6.45, 7) is 17.9. The van der Waals surface area contributed by atoms with Gasteiger partial charge in [0, 0.05) is 0 Å². The fourth-order valence-electron chi connectivity index (χ4n) is 11.5. The first kappa shape index (κ1) is 25.2. The second-order valence-electron chi connectivity index (χ2n) is 14.7. The Hall–Kier alpha value is -0.420. The normalized spacial score (nSPS) is 51.3. The number of aliphatic hydroxyl groups is 2. The third-order valence-electron chi connectivity index (χ3n) is 13.4. The first-order valence-electron chi connectivity index (χ1n) is 14.1. The standard InChI is InChI=1S/C30H50O4/c1-18(2)25(34-33)21(31)16-19(3)20-10-12-28(7)23-9-8-22-26(4,5)24(32)11-13-29(22)17-30(23,29)15-14-27(20,28)6/h19-25,31-33H,1,8-17H2,2-7H3/t19-,20-,21-,22+,23+,24+,25-,27-,28+,29-,30+/m1/s1. The number of aliphatic hydroxyl groups excluding tert-OH is 2. The van der Waals surface area contributed by atoms with Gasteiger partial charge in [0.15, 0.2) is 0 Å². The van der Waals surface area contributed by atoms with Gasteiger partial charge >= 0.3 is 0 Å². The Morgan fingerprint density at radius 2 is 1.59 bits per heavy atom. The molecule has 0 unspecified atom stereocenters. The van der Waals surface area contributed by atoms with Gasteiger partial charge < -0.3 is 10.2 Å². The quantitative estimate of drug-likeness (QED) is 0.230. The Morgan fingerprint density at radius 3 is 2.24 bits per heavy atom. The highest BCUT2D eigenvalue weighted by Crippen LogP contribution is 2.89. The van der Waals surface area contributed by atoms with Crippen LogP contribution in [-0.4, -0.2) is 33.8 Å². The first-order valence-corrected chi connectivity index (χ1v) is 14.1. The average molecular weight is 475 g/mol. The zero-order valence-electron chi connectivity index (χ0n) is 22.6. The topological polar surface area (TPSA) is 69.9 Å². The molecule has 0 heterocycles. The van der Waals surface area contributed by atoms with Crippen molar-refractivity contribution in [2.45, 2.75) is 124 Å². The molecule has 5 fully saturated rings. The molecule has 0 radical (unpaired) electrons. The Morgan fingerprint density at radius 1 is 0.941 bits per heavy atom. The molecule has 5 aliphatic carbocycles. The predicted octanol–water partition coefficient (Wildman–Crippen LogP) is 6.61. The number of hydrogen-bond acceptors (Lipinski definition) is 4. The maximum absolute atomic E-state index is 10.9. The summed E-state index contributed by atoms with van der Waals surface area (Å²) in [6, 6.07) is 0. The van der Waals surface area contributed by atoms with Crippen LogP contribution >= 0.6 is 0 Å². The molecule has 4 nitrogen and oxygen atoms in total. The van der Waals surface area contributed by atoms with Gasteiger partial charge in [-0.05, 0) is 127 Å². The van der Waals surface area contributed by atoms with E-state index in [1.807, 2.05) is 0 Å². The molecule has 0 aromatic carbocycles. The summed E-state index contributed by atoms with van der Waals surface area (Å²) in [7, 11) is 0. The molecule has 3 N–H and O–H groups in total. The molecule has 34 heavy (non-hydrogen) atoms. The van der Waals surface area contributed by atoms with Crippen molar-refractivity contribution in [3.8, 4) is 0 Å². The summed E-state index contributed by atoms with van der Waals surface area (Å²) < 4.78 is 0. The predicted molar refractivity (Wildman–Crippen MR) is 135 cm³/mol. The van der Waals surface area contributed by atoms with Crippen molar-refractivity contribution in [3.63, 3.8) is 0 Å². The SMILES string of the molecule is C=C(C)[C@@H](OO)[C@H](O)C[C@@H](C)[C@H]1CC[C@@]2(C)[C@@H]3CC[C@H]4C(C)(C)[C@@H](O)CC[C@@]45C[C@@]35CC[C@]12C. The molecule has 0 aromatic rings. The smallest absolute Gasteiger partial charge is 0.139 e. The van der Waals surface area contributed by atoms with Crippen molar-refractivity contribution in [2.24, 2.45) is 50.7 Å². The van der Waals surface area contributed by atoms with Gasteiger partial charge in [0.25, 0.3) is 0 Å². The Balaban J connectivity index is 1.38. The second kappa shape index (κ2) is 7.79. The maximum atomic E-state index is 10.9. The largest absolute Gasteiger partial charge is 0.393 e. The van der Waals surface area contributed by atoms with Crippen LogP contribution in [-0.2, 0) is 4.89 Å². The summed E-state index contributed by atoms with van der Waals surface area (Å²) in [4.78, 5) is 4.58. The van der Waals surface area contributed by atoms with Crippen LogP contribution in [0, 0.1) is 50.7 Å². The van der Waals surface area contributed by atoms with Crippen LogP contribution in [0.4, 0.5) is 0 Å². The van der Waals surface area contributed by atoms with E-state index in [1.54, 1.807) is 6.92 Å². The fraction of sp³-hybridized carbons (Fsp3) is 0.933. The summed E-state index contributed by atoms with van der Waals surface area (Å²) in [5.74, 6) is 2.44. The van der Waals surface area contributed by atoms with Crippen LogP contribution in [0.5, 0.6) is 0 Å². The third-order valence-corrected chi connectivity index (χ3v) is 13.4. The molecular weight excluding hydrogens is 424 g/mol. The number of hydrogen-bond donors (Lipinski definition) is 3. The van der Waals surface area contributed by atoms with E-state index in [-0.39, 0.29) is 11.5 Å². The summed E-state index contributed by atoms with van der Waals surface area (Å²) in [6.07, 6.45) is 10.5. The highest BCUT2D eigenvalue weighted by atomic mass is 17.1. The molecule has 0 saturated heterocycles. The van der Waals surface area contributed by atoms with Gasteiger partial charge in [-0.3, -0.25) is 5.26 Å². The van der Waals surface area contributed by atoms with Gasteiger partial charge in [-0.15, -0.1) is 0 Å². The highest BCUT2D eigenvalue weighted by Gasteiger charge is 2.82. The molecule has 11 atom stereocenters. The van der Waals surface area contributed by atoms with Gasteiger partial charge in [-0.2, -0.15) is 0 Å². The van der Waals surface area contributed by atoms with Crippen LogP contribution in [0.1, 0.15) is 106 Å². The van der Waals surface area contributed by atoms with E-state index in [0.29, 0.717) is 51.4 Å². The zero-order chi connectivity index (χ0) is 24.9. The van der Waals surface area contributed by atoms with Gasteiger partial charge in [-0.1, -0.05) is 41.2 Å². The Kier molecular flexibility index (Phi) is 5.78. The van der Waals surface area contributed by atoms with Crippen LogP contribution in [0.3, 0.4) is 0 Å². The van der Waals surface area contributed by atoms with E-state index in [0.717, 1.165) is 12.3 Å². The lowest BCUT2D eigenvalue weighted by atomic mass is 9.41. The molecule has 0 bridgehead atoms. The molecule has 5 saturated carbocycles. The van der Waals surface area contributed by atoms with E-state index < -0.39 is 12.2 Å². The maximum Gasteiger partial charge on any atom is 0.139 e. The minimum atomic E-state index is -0.721. The Bertz CT molecular complexity index is 838. The van der Waals surface area contributed by atoms with E-state index in [4.69, 9.17) is 0 Å². The van der Waals surface area contributed by atoms with Gasteiger partial charge in [-0.25, -0.2) is 4.89 Å². The van der Waals surface area contributed by atoms with Crippen molar-refractivity contribution in [1.82, 2.24) is 0 Å². The minimum absolute atomic E-state index is 0.0475. The molecule has 5 aliphatic rings. The zero-order valence-corrected chi connectivity index (χ0v) is 22.6. The molecule has 194 valence electrons. The molecule has 0 aliphatic heterocycles.